The number of morpholine rings is 5. The summed E-state index contributed by atoms with van der Waals surface area (Å²) < 4.78 is 136. The number of anilines is 9. The molecular formula is C96H115BCl3F6N21O18. The highest BCUT2D eigenvalue weighted by molar-refractivity contribution is 6.62. The molecule has 145 heavy (non-hydrogen) atoms. The molecule has 49 heteroatoms. The Kier molecular flexibility index (Phi) is 41.8. The standard InChI is InChI=1S/C24H24F3N5O4.2C17H22N4O3.C13H20BNO2.C10H14ClN3O3.C8H9Cl2N3O.C7H4F3NO2/c1-15-2-3-17(29-22(34)16-4-5-28-21(12-16)24(25,26)27)13-18(15)19-14-20(32-6-9-35-10-7-32)23(31-30-19)36-11-8-33;2*1-12-2-3-13(18)10-14(12)15-11-16(21-4-7-23-8-5-21)17(20-19-15)24-9-6-22;1-9-6-7-10(15)8-11(9)14-16-12(2,3)13(4,5)17-14;11-9-7-8(14-1-4-16-5-2-14)10(13-12-9)17-6-3-15;9-7-5-6(8(10)12-11-7)13-1-3-14-4-2-13;8-7(9,10)5-3-4(6(12)13)1-2-11-5/h2-5,12-14,33H,6-11H2,1H3,(H,29,34);2*2-3,10-11,22H,4-9,18H2,1H3;6-8H,15H2,1-5H3;7,15H,1-6H2;5H,1-4H2;1-3H,(H,12,13). The van der Waals surface area contributed by atoms with Crippen LogP contribution in [0.25, 0.3) is 33.8 Å². The molecule has 4 aromatic carbocycles. The minimum Gasteiger partial charge on any atom is -0.478 e. The molecule has 0 atom stereocenters. The van der Waals surface area contributed by atoms with Crippen LogP contribution in [0.15, 0.2) is 140 Å². The number of aliphatic hydroxyl groups excluding tert-OH is 4. The van der Waals surface area contributed by atoms with Crippen molar-refractivity contribution in [3.63, 3.8) is 0 Å². The van der Waals surface area contributed by atoms with Crippen molar-refractivity contribution < 1.29 is 113 Å². The number of nitrogens with zero attached hydrogens (tertiary/aromatic N) is 17. The van der Waals surface area contributed by atoms with Crippen LogP contribution in [0.2, 0.25) is 15.5 Å². The zero-order chi connectivity index (χ0) is 105. The maximum Gasteiger partial charge on any atom is 0.495 e. The van der Waals surface area contributed by atoms with E-state index in [9.17, 15) is 35.9 Å². The van der Waals surface area contributed by atoms with Gasteiger partial charge in [-0.2, -0.15) is 26.3 Å². The van der Waals surface area contributed by atoms with Crippen molar-refractivity contribution in [2.75, 3.05) is 231 Å². The molecule has 7 aromatic heterocycles. The molecule has 6 fully saturated rings. The number of nitrogens with one attached hydrogen (secondary N) is 1. The Balaban J connectivity index is 0.000000166. The molecule has 1 amide bonds. The van der Waals surface area contributed by atoms with E-state index in [1.807, 2.05) is 100 Å². The normalized spacial score (nSPS) is 15.4. The maximum atomic E-state index is 13.0. The van der Waals surface area contributed by atoms with Gasteiger partial charge in [0.05, 0.1) is 132 Å². The Morgan fingerprint density at radius 1 is 0.400 bits per heavy atom. The zero-order valence-corrected chi connectivity index (χ0v) is 83.2. The van der Waals surface area contributed by atoms with Gasteiger partial charge in [-0.15, -0.1) is 51.0 Å². The van der Waals surface area contributed by atoms with E-state index >= 15 is 0 Å². The minimum atomic E-state index is -4.66. The van der Waals surface area contributed by atoms with Crippen LogP contribution in [0.3, 0.4) is 0 Å². The molecule has 0 spiro atoms. The lowest BCUT2D eigenvalue weighted by Crippen LogP contribution is -2.41. The predicted octanol–water partition coefficient (Wildman–Crippen LogP) is 11.4. The van der Waals surface area contributed by atoms with E-state index in [-0.39, 0.29) is 82.6 Å². The van der Waals surface area contributed by atoms with E-state index in [0.29, 0.717) is 158 Å². The first-order valence-electron chi connectivity index (χ1n) is 46.0. The van der Waals surface area contributed by atoms with E-state index in [1.165, 1.54) is 6.07 Å². The van der Waals surface area contributed by atoms with E-state index < -0.39 is 41.2 Å². The molecule has 6 saturated heterocycles. The number of aliphatic hydroxyl groups is 4. The highest BCUT2D eigenvalue weighted by Gasteiger charge is 2.52. The lowest BCUT2D eigenvalue weighted by molar-refractivity contribution is -0.142. The third-order valence-corrected chi connectivity index (χ3v) is 23.6. The number of hydrogen-bond donors (Lipinski definition) is 9. The number of aromatic nitrogens is 12. The number of alkyl halides is 6. The molecule has 0 radical (unpaired) electrons. The summed E-state index contributed by atoms with van der Waals surface area (Å²) in [4.78, 5) is 39.8. The number of nitrogens with two attached hydrogens (primary N) is 3. The fourth-order valence-electron chi connectivity index (χ4n) is 14.7. The van der Waals surface area contributed by atoms with Gasteiger partial charge in [-0.25, -0.2) is 4.79 Å². The van der Waals surface area contributed by atoms with Crippen LogP contribution in [0.4, 0.5) is 77.5 Å². The van der Waals surface area contributed by atoms with Crippen molar-refractivity contribution in [2.45, 2.75) is 78.9 Å². The Labute approximate surface area is 848 Å². The molecule has 6 aliphatic heterocycles. The number of nitrogen functional groups attached to an aromatic ring is 3. The lowest BCUT2D eigenvalue weighted by Gasteiger charge is -2.32. The van der Waals surface area contributed by atoms with Crippen molar-refractivity contribution >= 4 is 110 Å². The van der Waals surface area contributed by atoms with E-state index in [2.05, 4.69) is 118 Å². The predicted molar refractivity (Wildman–Crippen MR) is 535 cm³/mol. The fraction of sp³-hybridized carbons (Fsp3) is 0.417. The number of pyridine rings is 2. The van der Waals surface area contributed by atoms with Gasteiger partial charge in [0.25, 0.3) is 29.4 Å². The number of carbonyl (C=O) groups is 2. The molecule has 0 saturated carbocycles. The summed E-state index contributed by atoms with van der Waals surface area (Å²) in [5.74, 6) is -0.578. The summed E-state index contributed by atoms with van der Waals surface area (Å²) in [6, 6.07) is 35.0. The second-order valence-corrected chi connectivity index (χ2v) is 34.9. The Morgan fingerprint density at radius 3 is 1.08 bits per heavy atom. The largest absolute Gasteiger partial charge is 0.495 e. The van der Waals surface area contributed by atoms with Crippen LogP contribution in [-0.4, -0.2) is 301 Å². The van der Waals surface area contributed by atoms with Crippen LogP contribution in [0, 0.1) is 27.7 Å². The lowest BCUT2D eigenvalue weighted by atomic mass is 9.76. The summed E-state index contributed by atoms with van der Waals surface area (Å²) in [7, 11) is -0.330. The first-order valence-corrected chi connectivity index (χ1v) is 47.1. The van der Waals surface area contributed by atoms with Gasteiger partial charge in [0, 0.05) is 135 Å². The van der Waals surface area contributed by atoms with Crippen LogP contribution < -0.4 is 71.4 Å². The fourth-order valence-corrected chi connectivity index (χ4v) is 15.2. The second kappa shape index (κ2) is 53.9. The van der Waals surface area contributed by atoms with Gasteiger partial charge in [0.15, 0.2) is 15.5 Å². The first kappa shape index (κ1) is 113. The van der Waals surface area contributed by atoms with Gasteiger partial charge in [0.2, 0.25) is 0 Å². The molecule has 778 valence electrons. The van der Waals surface area contributed by atoms with Crippen molar-refractivity contribution in [1.29, 1.82) is 0 Å². The molecule has 0 aliphatic carbocycles. The van der Waals surface area contributed by atoms with E-state index in [1.54, 1.807) is 30.3 Å². The smallest absolute Gasteiger partial charge is 0.478 e. The number of aryl methyl sites for hydroxylation is 4. The highest BCUT2D eigenvalue weighted by Crippen LogP contribution is 2.41. The first-order chi connectivity index (χ1) is 69.3. The summed E-state index contributed by atoms with van der Waals surface area (Å²) in [6.45, 7) is 30.3. The van der Waals surface area contributed by atoms with Crippen molar-refractivity contribution in [3.8, 4) is 57.3 Å². The number of ether oxygens (including phenoxy) is 9. The number of aromatic carboxylic acids is 1. The molecule has 6 aliphatic rings. The van der Waals surface area contributed by atoms with Crippen LogP contribution in [0.5, 0.6) is 23.5 Å². The van der Waals surface area contributed by atoms with Crippen LogP contribution >= 0.6 is 34.8 Å². The van der Waals surface area contributed by atoms with Crippen molar-refractivity contribution in [2.24, 2.45) is 0 Å². The van der Waals surface area contributed by atoms with Crippen molar-refractivity contribution in [3.05, 3.63) is 200 Å². The van der Waals surface area contributed by atoms with Gasteiger partial charge in [0.1, 0.15) is 60.6 Å². The number of halogens is 9. The SMILES string of the molecule is Cc1ccc(N)cc1-c1cc(N2CCOCC2)c(OCCO)nn1.Cc1ccc(N)cc1-c1cc(N2CCOCC2)c(OCCO)nn1.Cc1ccc(N)cc1B1OC(C)(C)C(C)(C)O1.Cc1ccc(NC(=O)c2ccnc(C(F)(F)F)c2)cc1-c1cc(N2CCOCC2)c(OCCO)nn1.Clc1cc(N2CCOCC2)c(Cl)nn1.O=C(O)c1ccnc(C(F)(F)F)c1.OCCOc1nnc(Cl)cc1N1CCOCC1. The van der Waals surface area contributed by atoms with Gasteiger partial charge >= 0.3 is 25.4 Å². The van der Waals surface area contributed by atoms with Crippen LogP contribution in [0.1, 0.15) is 82.1 Å². The van der Waals surface area contributed by atoms with E-state index in [0.717, 1.165) is 149 Å². The van der Waals surface area contributed by atoms with Gasteiger partial charge in [-0.3, -0.25) is 14.8 Å². The Hall–Kier alpha value is -12.8. The Bertz CT molecular complexity index is 5950. The number of amides is 1. The van der Waals surface area contributed by atoms with Crippen molar-refractivity contribution in [1.82, 2.24) is 61.0 Å². The third-order valence-electron chi connectivity index (χ3n) is 23.0. The van der Waals surface area contributed by atoms with Gasteiger partial charge in [-0.1, -0.05) is 64.6 Å². The monoisotopic (exact) mass is 2080 g/mol. The highest BCUT2D eigenvalue weighted by atomic mass is 35.5. The third kappa shape index (κ3) is 32.6. The summed E-state index contributed by atoms with van der Waals surface area (Å²) in [5, 5.41) is 88.6. The minimum absolute atomic E-state index is 0.0626. The summed E-state index contributed by atoms with van der Waals surface area (Å²) in [5.41, 5.74) is 30.4. The topological polar surface area (TPSA) is 498 Å². The number of carboxylic acid groups (broad SMARTS) is 1. The average Bonchev–Trinajstić information content (AvgIpc) is 1.63. The van der Waals surface area contributed by atoms with E-state index in [4.69, 9.17) is 129 Å². The summed E-state index contributed by atoms with van der Waals surface area (Å²) >= 11 is 17.5. The molecule has 0 unspecified atom stereocenters. The van der Waals surface area contributed by atoms with Gasteiger partial charge < -0.3 is 124 Å². The Morgan fingerprint density at radius 2 is 0.710 bits per heavy atom. The number of carboxylic acids is 1. The molecular weight excluding hydrogens is 1970 g/mol. The number of hydrogen-bond acceptors (Lipinski definition) is 37. The molecule has 0 bridgehead atoms. The summed E-state index contributed by atoms with van der Waals surface area (Å²) in [6.07, 6.45) is -7.50. The van der Waals surface area contributed by atoms with Gasteiger partial charge in [-0.05, 0) is 169 Å². The molecule has 12 N–H and O–H groups in total. The van der Waals surface area contributed by atoms with Crippen LogP contribution in [-0.2, 0) is 45.3 Å². The number of rotatable bonds is 24. The second-order valence-electron chi connectivity index (χ2n) is 33.7. The number of benzene rings is 4. The maximum absolute atomic E-state index is 13.0. The molecule has 39 nitrogen and oxygen atoms in total. The number of carbonyl (C=O) groups excluding carboxylic acids is 1. The quantitative estimate of drug-likeness (QED) is 0.0154. The molecule has 11 aromatic rings. The molecule has 17 rings (SSSR count). The molecule has 13 heterocycles. The zero-order valence-electron chi connectivity index (χ0n) is 80.9. The average molecular weight is 2080 g/mol.